The number of fused-ring (bicyclic) bond motifs is 1. The van der Waals surface area contributed by atoms with Crippen LogP contribution in [0.5, 0.6) is 0 Å². The summed E-state index contributed by atoms with van der Waals surface area (Å²) < 4.78 is 0. The number of nitrogens with zero attached hydrogens (tertiary/aromatic N) is 2. The van der Waals surface area contributed by atoms with Crippen molar-refractivity contribution in [3.8, 4) is 0 Å². The summed E-state index contributed by atoms with van der Waals surface area (Å²) >= 11 is 0. The van der Waals surface area contributed by atoms with Crippen LogP contribution in [0.4, 0.5) is 0 Å². The summed E-state index contributed by atoms with van der Waals surface area (Å²) in [6, 6.07) is 29.0. The van der Waals surface area contributed by atoms with E-state index in [0.717, 1.165) is 35.3 Å². The van der Waals surface area contributed by atoms with E-state index in [1.165, 1.54) is 11.1 Å². The molecule has 0 atom stereocenters. The highest BCUT2D eigenvalue weighted by atomic mass is 14.8. The van der Waals surface area contributed by atoms with Crippen molar-refractivity contribution in [2.75, 3.05) is 0 Å². The van der Waals surface area contributed by atoms with Crippen LogP contribution in [0.25, 0.3) is 11.0 Å². The molecule has 24 heavy (non-hydrogen) atoms. The minimum Gasteiger partial charge on any atom is -0.249 e. The van der Waals surface area contributed by atoms with Gasteiger partial charge in [-0.15, -0.1) is 0 Å². The fourth-order valence-corrected chi connectivity index (χ4v) is 2.93. The largest absolute Gasteiger partial charge is 0.249 e. The van der Waals surface area contributed by atoms with Crippen LogP contribution in [0, 0.1) is 0 Å². The average molecular weight is 310 g/mol. The van der Waals surface area contributed by atoms with Crippen LogP contribution in [0.15, 0.2) is 84.9 Å². The van der Waals surface area contributed by atoms with Crippen LogP contribution in [0.2, 0.25) is 0 Å². The third-order valence-electron chi connectivity index (χ3n) is 4.15. The molecule has 3 aromatic carbocycles. The molecule has 0 fully saturated rings. The summed E-state index contributed by atoms with van der Waals surface area (Å²) in [5.74, 6) is 0. The minimum atomic E-state index is 0.806. The molecule has 0 spiro atoms. The van der Waals surface area contributed by atoms with Gasteiger partial charge in [-0.2, -0.15) is 0 Å². The second-order valence-electron chi connectivity index (χ2n) is 5.93. The van der Waals surface area contributed by atoms with Gasteiger partial charge in [-0.3, -0.25) is 0 Å². The monoisotopic (exact) mass is 310 g/mol. The zero-order valence-electron chi connectivity index (χ0n) is 13.4. The van der Waals surface area contributed by atoms with Crippen LogP contribution < -0.4 is 0 Å². The van der Waals surface area contributed by atoms with E-state index in [-0.39, 0.29) is 0 Å². The van der Waals surface area contributed by atoms with Crippen molar-refractivity contribution in [3.05, 3.63) is 107 Å². The third-order valence-corrected chi connectivity index (χ3v) is 4.15. The van der Waals surface area contributed by atoms with Gasteiger partial charge in [0.2, 0.25) is 0 Å². The van der Waals surface area contributed by atoms with Gasteiger partial charge in [0.15, 0.2) is 0 Å². The Kier molecular flexibility index (Phi) is 4.03. The van der Waals surface area contributed by atoms with Gasteiger partial charge in [-0.1, -0.05) is 72.8 Å². The highest BCUT2D eigenvalue weighted by Gasteiger charge is 2.10. The molecule has 1 heterocycles. The van der Waals surface area contributed by atoms with E-state index in [9.17, 15) is 0 Å². The molecule has 0 aliphatic rings. The van der Waals surface area contributed by atoms with E-state index >= 15 is 0 Å². The van der Waals surface area contributed by atoms with Crippen LogP contribution in [0.3, 0.4) is 0 Å². The summed E-state index contributed by atoms with van der Waals surface area (Å²) in [6.07, 6.45) is 1.61. The number of para-hydroxylation sites is 2. The Morgan fingerprint density at radius 2 is 0.833 bits per heavy atom. The van der Waals surface area contributed by atoms with Crippen molar-refractivity contribution < 1.29 is 0 Å². The molecule has 0 unspecified atom stereocenters. The SMILES string of the molecule is c1ccc(Cc2nc3ccccc3nc2Cc2ccccc2)cc1. The maximum atomic E-state index is 4.90. The molecule has 2 nitrogen and oxygen atoms in total. The van der Waals surface area contributed by atoms with Crippen molar-refractivity contribution in [1.29, 1.82) is 0 Å². The van der Waals surface area contributed by atoms with E-state index in [1.54, 1.807) is 0 Å². The molecule has 116 valence electrons. The first-order valence-corrected chi connectivity index (χ1v) is 8.21. The topological polar surface area (TPSA) is 25.8 Å². The van der Waals surface area contributed by atoms with E-state index < -0.39 is 0 Å². The lowest BCUT2D eigenvalue weighted by molar-refractivity contribution is 0.969. The predicted octanol–water partition coefficient (Wildman–Crippen LogP) is 4.81. The average Bonchev–Trinajstić information content (AvgIpc) is 2.64. The molecule has 0 aliphatic carbocycles. The molecule has 0 radical (unpaired) electrons. The second kappa shape index (κ2) is 6.63. The van der Waals surface area contributed by atoms with E-state index in [1.807, 2.05) is 36.4 Å². The third kappa shape index (κ3) is 3.18. The van der Waals surface area contributed by atoms with Gasteiger partial charge < -0.3 is 0 Å². The zero-order chi connectivity index (χ0) is 16.2. The second-order valence-corrected chi connectivity index (χ2v) is 5.93. The maximum Gasteiger partial charge on any atom is 0.0890 e. The van der Waals surface area contributed by atoms with Gasteiger partial charge in [-0.05, 0) is 23.3 Å². The van der Waals surface area contributed by atoms with Gasteiger partial charge in [0.1, 0.15) is 0 Å². The Balaban J connectivity index is 1.78. The number of hydrogen-bond acceptors (Lipinski definition) is 2. The Morgan fingerprint density at radius 3 is 1.25 bits per heavy atom. The van der Waals surface area contributed by atoms with Gasteiger partial charge in [0, 0.05) is 12.8 Å². The van der Waals surface area contributed by atoms with Crippen LogP contribution in [-0.4, -0.2) is 9.97 Å². The number of aromatic nitrogens is 2. The lowest BCUT2D eigenvalue weighted by Crippen LogP contribution is -2.04. The summed E-state index contributed by atoms with van der Waals surface area (Å²) in [4.78, 5) is 9.81. The Labute approximate surface area is 141 Å². The number of rotatable bonds is 4. The number of hydrogen-bond donors (Lipinski definition) is 0. The number of benzene rings is 3. The molecule has 0 aliphatic heterocycles. The summed E-state index contributed by atoms with van der Waals surface area (Å²) in [7, 11) is 0. The Morgan fingerprint density at radius 1 is 0.458 bits per heavy atom. The zero-order valence-corrected chi connectivity index (χ0v) is 13.4. The highest BCUT2D eigenvalue weighted by molar-refractivity contribution is 5.74. The molecule has 1 aromatic heterocycles. The van der Waals surface area contributed by atoms with E-state index in [4.69, 9.17) is 9.97 Å². The smallest absolute Gasteiger partial charge is 0.0890 e. The summed E-state index contributed by atoms with van der Waals surface area (Å²) in [5.41, 5.74) is 6.56. The first-order chi connectivity index (χ1) is 11.9. The normalized spacial score (nSPS) is 10.8. The lowest BCUT2D eigenvalue weighted by Gasteiger charge is -2.10. The first kappa shape index (κ1) is 14.6. The molecule has 0 N–H and O–H groups in total. The Bertz CT molecular complexity index is 867. The highest BCUT2D eigenvalue weighted by Crippen LogP contribution is 2.19. The molecule has 4 rings (SSSR count). The molecular weight excluding hydrogens is 292 g/mol. The van der Waals surface area contributed by atoms with Gasteiger partial charge >= 0.3 is 0 Å². The van der Waals surface area contributed by atoms with Crippen molar-refractivity contribution in [2.24, 2.45) is 0 Å². The first-order valence-electron chi connectivity index (χ1n) is 8.21. The van der Waals surface area contributed by atoms with Gasteiger partial charge in [0.05, 0.1) is 22.4 Å². The maximum absolute atomic E-state index is 4.90. The molecule has 2 heteroatoms. The molecule has 4 aromatic rings. The summed E-state index contributed by atoms with van der Waals surface area (Å²) in [5, 5.41) is 0. The van der Waals surface area contributed by atoms with Crippen LogP contribution in [0.1, 0.15) is 22.5 Å². The summed E-state index contributed by atoms with van der Waals surface area (Å²) in [6.45, 7) is 0. The van der Waals surface area contributed by atoms with E-state index in [0.29, 0.717) is 0 Å². The fraction of sp³-hybridized carbons (Fsp3) is 0.0909. The van der Waals surface area contributed by atoms with Crippen molar-refractivity contribution in [2.45, 2.75) is 12.8 Å². The Hall–Kier alpha value is -3.00. The molecule has 0 saturated heterocycles. The fourth-order valence-electron chi connectivity index (χ4n) is 2.93. The predicted molar refractivity (Wildman–Crippen MR) is 98.0 cm³/mol. The standard InChI is InChI=1S/C22H18N2/c1-3-9-17(10-4-1)15-21-22(16-18-11-5-2-6-12-18)24-20-14-8-7-13-19(20)23-21/h1-14H,15-16H2. The van der Waals surface area contributed by atoms with Crippen molar-refractivity contribution >= 4 is 11.0 Å². The van der Waals surface area contributed by atoms with Crippen molar-refractivity contribution in [3.63, 3.8) is 0 Å². The minimum absolute atomic E-state index is 0.806. The quantitative estimate of drug-likeness (QED) is 0.540. The molecule has 0 amide bonds. The van der Waals surface area contributed by atoms with E-state index in [2.05, 4.69) is 48.5 Å². The van der Waals surface area contributed by atoms with Crippen LogP contribution in [-0.2, 0) is 12.8 Å². The van der Waals surface area contributed by atoms with Crippen LogP contribution >= 0.6 is 0 Å². The van der Waals surface area contributed by atoms with Gasteiger partial charge in [0.25, 0.3) is 0 Å². The molecule has 0 bridgehead atoms. The molecule has 0 saturated carbocycles. The van der Waals surface area contributed by atoms with Crippen molar-refractivity contribution in [1.82, 2.24) is 9.97 Å². The molecular formula is C22H18N2. The lowest BCUT2D eigenvalue weighted by atomic mass is 10.0. The van der Waals surface area contributed by atoms with Gasteiger partial charge in [-0.25, -0.2) is 9.97 Å².